The lowest BCUT2D eigenvalue weighted by Gasteiger charge is -2.25. The monoisotopic (exact) mass is 387 g/mol. The van der Waals surface area contributed by atoms with Gasteiger partial charge in [-0.15, -0.1) is 0 Å². The molecule has 27 heavy (non-hydrogen) atoms. The molecule has 0 bridgehead atoms. The molecule has 5 nitrogen and oxygen atoms in total. The Balaban J connectivity index is 1.63. The summed E-state index contributed by atoms with van der Waals surface area (Å²) in [6, 6.07) is 10.8. The Morgan fingerprint density at radius 3 is 2.44 bits per heavy atom. The van der Waals surface area contributed by atoms with Crippen molar-refractivity contribution in [1.82, 2.24) is 4.72 Å². The number of benzene rings is 2. The number of hydrogen-bond acceptors (Lipinski definition) is 4. The van der Waals surface area contributed by atoms with E-state index in [-0.39, 0.29) is 12.0 Å². The number of rotatable bonds is 5. The van der Waals surface area contributed by atoms with Crippen molar-refractivity contribution in [2.24, 2.45) is 5.92 Å². The predicted octanol–water partition coefficient (Wildman–Crippen LogP) is 3.62. The van der Waals surface area contributed by atoms with Crippen LogP contribution < -0.4 is 14.2 Å². The molecule has 0 saturated heterocycles. The first kappa shape index (κ1) is 18.3. The lowest BCUT2D eigenvalue weighted by Crippen LogP contribution is -2.32. The maximum atomic E-state index is 13.0. The van der Waals surface area contributed by atoms with E-state index in [2.05, 4.69) is 4.72 Å². The molecule has 2 aliphatic rings. The van der Waals surface area contributed by atoms with Gasteiger partial charge in [-0.1, -0.05) is 26.0 Å². The lowest BCUT2D eigenvalue weighted by molar-refractivity contribution is 0.171. The van der Waals surface area contributed by atoms with Crippen LogP contribution in [0, 0.1) is 5.92 Å². The largest absolute Gasteiger partial charge is 0.486 e. The van der Waals surface area contributed by atoms with Crippen LogP contribution in [0.4, 0.5) is 0 Å². The van der Waals surface area contributed by atoms with Crippen molar-refractivity contribution in [3.63, 3.8) is 0 Å². The van der Waals surface area contributed by atoms with Gasteiger partial charge in [0.2, 0.25) is 10.0 Å². The summed E-state index contributed by atoms with van der Waals surface area (Å²) in [6.07, 6.45) is 3.08. The highest BCUT2D eigenvalue weighted by Crippen LogP contribution is 2.35. The quantitative estimate of drug-likeness (QED) is 0.851. The van der Waals surface area contributed by atoms with Crippen molar-refractivity contribution in [2.75, 3.05) is 13.2 Å². The zero-order valence-electron chi connectivity index (χ0n) is 15.7. The van der Waals surface area contributed by atoms with E-state index in [4.69, 9.17) is 9.47 Å². The molecule has 2 aromatic rings. The first-order valence-corrected chi connectivity index (χ1v) is 11.0. The average Bonchev–Trinajstić information content (AvgIpc) is 3.13. The van der Waals surface area contributed by atoms with Crippen LogP contribution in [-0.2, 0) is 22.9 Å². The third kappa shape index (κ3) is 3.69. The molecule has 0 spiro atoms. The summed E-state index contributed by atoms with van der Waals surface area (Å²) in [6.45, 7) is 5.05. The molecule has 0 amide bonds. The van der Waals surface area contributed by atoms with Crippen LogP contribution in [-0.4, -0.2) is 21.6 Å². The molecule has 2 aromatic carbocycles. The first-order chi connectivity index (χ1) is 12.9. The number of aryl methyl sites for hydroxylation is 2. The van der Waals surface area contributed by atoms with Crippen molar-refractivity contribution in [1.29, 1.82) is 0 Å². The number of nitrogens with one attached hydrogen (secondary N) is 1. The number of ether oxygens (including phenoxy) is 2. The highest BCUT2D eigenvalue weighted by Gasteiger charge is 2.26. The third-order valence-corrected chi connectivity index (χ3v) is 6.69. The van der Waals surface area contributed by atoms with Crippen molar-refractivity contribution >= 4 is 10.0 Å². The van der Waals surface area contributed by atoms with Crippen LogP contribution in [0.25, 0.3) is 0 Å². The van der Waals surface area contributed by atoms with Crippen molar-refractivity contribution < 1.29 is 17.9 Å². The van der Waals surface area contributed by atoms with E-state index in [0.29, 0.717) is 29.6 Å². The third-order valence-electron chi connectivity index (χ3n) is 5.25. The van der Waals surface area contributed by atoms with Crippen LogP contribution in [0.2, 0.25) is 0 Å². The summed E-state index contributed by atoms with van der Waals surface area (Å²) < 4.78 is 40.2. The minimum absolute atomic E-state index is 0.0803. The molecule has 6 heteroatoms. The van der Waals surface area contributed by atoms with Crippen molar-refractivity contribution in [3.05, 3.63) is 53.1 Å². The molecule has 144 valence electrons. The van der Waals surface area contributed by atoms with E-state index < -0.39 is 10.0 Å². The summed E-state index contributed by atoms with van der Waals surface area (Å²) in [7, 11) is -3.62. The number of fused-ring (bicyclic) bond motifs is 2. The molecule has 0 fully saturated rings. The van der Waals surface area contributed by atoms with E-state index in [9.17, 15) is 8.42 Å². The molecule has 1 heterocycles. The molecule has 0 saturated carbocycles. The van der Waals surface area contributed by atoms with Crippen LogP contribution in [0.15, 0.2) is 41.3 Å². The highest BCUT2D eigenvalue weighted by molar-refractivity contribution is 7.89. The van der Waals surface area contributed by atoms with Crippen LogP contribution in [0.1, 0.15) is 43.0 Å². The van der Waals surface area contributed by atoms with E-state index in [1.54, 1.807) is 6.07 Å². The summed E-state index contributed by atoms with van der Waals surface area (Å²) in [4.78, 5) is 0.339. The average molecular weight is 388 g/mol. The van der Waals surface area contributed by atoms with Gasteiger partial charge in [-0.3, -0.25) is 0 Å². The van der Waals surface area contributed by atoms with E-state index in [0.717, 1.165) is 30.4 Å². The van der Waals surface area contributed by atoms with Crippen LogP contribution in [0.3, 0.4) is 0 Å². The molecular formula is C21H25NO4S. The first-order valence-electron chi connectivity index (χ1n) is 9.48. The standard InChI is InChI=1S/C21H25NO4S/c1-14(2)21(17-7-9-19-20(13-17)26-11-10-25-19)22-27(23,24)18-8-6-15-4-3-5-16(15)12-18/h6-9,12-14,21-22H,3-5,10-11H2,1-2H3/t21-/m1/s1. The molecule has 1 aliphatic heterocycles. The summed E-state index contributed by atoms with van der Waals surface area (Å²) in [5, 5.41) is 0. The molecule has 1 atom stereocenters. The minimum Gasteiger partial charge on any atom is -0.486 e. The highest BCUT2D eigenvalue weighted by atomic mass is 32.2. The van der Waals surface area contributed by atoms with Gasteiger partial charge in [0, 0.05) is 6.04 Å². The van der Waals surface area contributed by atoms with Gasteiger partial charge in [0.05, 0.1) is 4.90 Å². The topological polar surface area (TPSA) is 64.6 Å². The normalized spacial score (nSPS) is 17.0. The van der Waals surface area contributed by atoms with E-state index in [1.807, 2.05) is 44.2 Å². The molecule has 4 rings (SSSR count). The fourth-order valence-corrected chi connectivity index (χ4v) is 5.22. The SMILES string of the molecule is CC(C)[C@@H](NS(=O)(=O)c1ccc2c(c1)CCC2)c1ccc2c(c1)OCCO2. The van der Waals surface area contributed by atoms with Gasteiger partial charge in [-0.25, -0.2) is 13.1 Å². The van der Waals surface area contributed by atoms with Crippen LogP contribution >= 0.6 is 0 Å². The van der Waals surface area contributed by atoms with Gasteiger partial charge >= 0.3 is 0 Å². The summed E-state index contributed by atoms with van der Waals surface area (Å²) >= 11 is 0. The molecule has 0 unspecified atom stereocenters. The van der Waals surface area contributed by atoms with Gasteiger partial charge in [0.1, 0.15) is 13.2 Å². The second-order valence-electron chi connectivity index (χ2n) is 7.53. The molecule has 0 radical (unpaired) electrons. The number of sulfonamides is 1. The lowest BCUT2D eigenvalue weighted by atomic mass is 9.97. The van der Waals surface area contributed by atoms with E-state index in [1.165, 1.54) is 5.56 Å². The van der Waals surface area contributed by atoms with Gasteiger partial charge in [-0.05, 0) is 66.1 Å². The smallest absolute Gasteiger partial charge is 0.241 e. The zero-order chi connectivity index (χ0) is 19.0. The maximum absolute atomic E-state index is 13.0. The Kier molecular flexibility index (Phi) is 4.86. The summed E-state index contributed by atoms with van der Waals surface area (Å²) in [5.74, 6) is 1.45. The maximum Gasteiger partial charge on any atom is 0.241 e. The van der Waals surface area contributed by atoms with Gasteiger partial charge in [0.25, 0.3) is 0 Å². The molecular weight excluding hydrogens is 362 g/mol. The molecule has 1 aliphatic carbocycles. The summed E-state index contributed by atoms with van der Waals surface area (Å²) in [5.41, 5.74) is 3.29. The predicted molar refractivity (Wildman–Crippen MR) is 104 cm³/mol. The Morgan fingerprint density at radius 1 is 0.926 bits per heavy atom. The second kappa shape index (κ2) is 7.17. The van der Waals surface area contributed by atoms with Crippen LogP contribution in [0.5, 0.6) is 11.5 Å². The Hall–Kier alpha value is -2.05. The molecule has 0 aromatic heterocycles. The van der Waals surface area contributed by atoms with E-state index >= 15 is 0 Å². The Morgan fingerprint density at radius 2 is 1.67 bits per heavy atom. The van der Waals surface area contributed by atoms with Gasteiger partial charge < -0.3 is 9.47 Å². The second-order valence-corrected chi connectivity index (χ2v) is 9.24. The Labute approximate surface area is 160 Å². The van der Waals surface area contributed by atoms with Gasteiger partial charge in [0.15, 0.2) is 11.5 Å². The number of hydrogen-bond donors (Lipinski definition) is 1. The van der Waals surface area contributed by atoms with Crippen molar-refractivity contribution in [3.8, 4) is 11.5 Å². The minimum atomic E-state index is -3.62. The fourth-order valence-electron chi connectivity index (χ4n) is 3.79. The Bertz CT molecular complexity index is 953. The van der Waals surface area contributed by atoms with Crippen molar-refractivity contribution in [2.45, 2.75) is 44.0 Å². The fraction of sp³-hybridized carbons (Fsp3) is 0.429. The zero-order valence-corrected chi connectivity index (χ0v) is 16.5. The van der Waals surface area contributed by atoms with Gasteiger partial charge in [-0.2, -0.15) is 0 Å². The molecule has 1 N–H and O–H groups in total.